The number of nitrogens with one attached hydrogen (secondary N) is 2. The fourth-order valence-corrected chi connectivity index (χ4v) is 3.98. The molecule has 1 heterocycles. The molecule has 0 aliphatic carbocycles. The highest BCUT2D eigenvalue weighted by Gasteiger charge is 2.30. The predicted octanol–water partition coefficient (Wildman–Crippen LogP) is 4.65. The molecule has 5 heteroatoms. The maximum atomic E-state index is 13.4. The van der Waals surface area contributed by atoms with E-state index in [-0.39, 0.29) is 17.7 Å². The number of amides is 2. The Labute approximate surface area is 182 Å². The molecular weight excluding hydrogens is 386 g/mol. The molecule has 0 aromatic heterocycles. The first-order valence-corrected chi connectivity index (χ1v) is 10.3. The lowest BCUT2D eigenvalue weighted by molar-refractivity contribution is -0.114. The zero-order chi connectivity index (χ0) is 22.0. The summed E-state index contributed by atoms with van der Waals surface area (Å²) in [5.41, 5.74) is 5.75. The fraction of sp³-hybridized carbons (Fsp3) is 0.154. The Morgan fingerprint density at radius 1 is 0.903 bits per heavy atom. The van der Waals surface area contributed by atoms with Crippen LogP contribution in [-0.2, 0) is 4.79 Å². The number of allylic oxidation sites excluding steroid dienone is 1. The fourth-order valence-electron chi connectivity index (χ4n) is 3.98. The van der Waals surface area contributed by atoms with Gasteiger partial charge in [0.1, 0.15) is 5.70 Å². The second-order valence-corrected chi connectivity index (χ2v) is 7.58. The van der Waals surface area contributed by atoms with Gasteiger partial charge in [0.25, 0.3) is 11.8 Å². The number of para-hydroxylation sites is 2. The summed E-state index contributed by atoms with van der Waals surface area (Å²) in [5.74, 6) is -0.276. The lowest BCUT2D eigenvalue weighted by Gasteiger charge is -2.32. The maximum Gasteiger partial charge on any atom is 0.274 e. The molecule has 0 saturated carbocycles. The van der Waals surface area contributed by atoms with Crippen LogP contribution in [-0.4, -0.2) is 25.9 Å². The maximum absolute atomic E-state index is 13.4. The van der Waals surface area contributed by atoms with Crippen LogP contribution in [0.5, 0.6) is 0 Å². The molecule has 2 N–H and O–H groups in total. The molecule has 2 amide bonds. The Morgan fingerprint density at radius 2 is 1.52 bits per heavy atom. The summed E-state index contributed by atoms with van der Waals surface area (Å²) in [5, 5.41) is 6.03. The molecule has 31 heavy (non-hydrogen) atoms. The molecule has 0 bridgehead atoms. The van der Waals surface area contributed by atoms with Crippen molar-refractivity contribution < 1.29 is 9.59 Å². The average Bonchev–Trinajstić information content (AvgIpc) is 2.82. The average molecular weight is 412 g/mol. The molecule has 0 saturated heterocycles. The summed E-state index contributed by atoms with van der Waals surface area (Å²) < 4.78 is 0. The molecule has 0 spiro atoms. The van der Waals surface area contributed by atoms with E-state index in [9.17, 15) is 9.59 Å². The number of benzene rings is 3. The van der Waals surface area contributed by atoms with Crippen LogP contribution in [0.3, 0.4) is 0 Å². The molecule has 0 radical (unpaired) electrons. The van der Waals surface area contributed by atoms with Gasteiger partial charge < -0.3 is 15.5 Å². The van der Waals surface area contributed by atoms with Gasteiger partial charge in [-0.05, 0) is 41.0 Å². The van der Waals surface area contributed by atoms with Crippen molar-refractivity contribution in [2.75, 3.05) is 24.3 Å². The minimum absolute atomic E-state index is 0.0443. The van der Waals surface area contributed by atoms with E-state index in [1.54, 1.807) is 31.1 Å². The number of fused-ring (bicyclic) bond motifs is 1. The van der Waals surface area contributed by atoms with Gasteiger partial charge >= 0.3 is 0 Å². The third-order valence-electron chi connectivity index (χ3n) is 5.73. The summed E-state index contributed by atoms with van der Waals surface area (Å²) in [4.78, 5) is 27.1. The monoisotopic (exact) mass is 411 g/mol. The third-order valence-corrected chi connectivity index (χ3v) is 5.73. The van der Waals surface area contributed by atoms with E-state index in [0.29, 0.717) is 11.3 Å². The van der Waals surface area contributed by atoms with Gasteiger partial charge in [-0.1, -0.05) is 61.5 Å². The van der Waals surface area contributed by atoms with E-state index in [0.717, 1.165) is 28.1 Å². The quantitative estimate of drug-likeness (QED) is 0.615. The lowest BCUT2D eigenvalue weighted by atomic mass is 9.85. The topological polar surface area (TPSA) is 61.4 Å². The molecule has 1 atom stereocenters. The second-order valence-electron chi connectivity index (χ2n) is 7.58. The van der Waals surface area contributed by atoms with Crippen LogP contribution >= 0.6 is 0 Å². The summed E-state index contributed by atoms with van der Waals surface area (Å²) in [6, 6.07) is 25.3. The van der Waals surface area contributed by atoms with Gasteiger partial charge in [0.15, 0.2) is 0 Å². The Morgan fingerprint density at radius 3 is 2.19 bits per heavy atom. The van der Waals surface area contributed by atoms with E-state index in [4.69, 9.17) is 0 Å². The molecule has 156 valence electrons. The highest BCUT2D eigenvalue weighted by molar-refractivity contribution is 6.16. The van der Waals surface area contributed by atoms with Crippen LogP contribution in [0.2, 0.25) is 0 Å². The highest BCUT2D eigenvalue weighted by atomic mass is 16.2. The molecule has 3 aromatic carbocycles. The summed E-state index contributed by atoms with van der Waals surface area (Å²) >= 11 is 0. The minimum Gasteiger partial charge on any atom is -0.355 e. The summed E-state index contributed by atoms with van der Waals surface area (Å²) in [7, 11) is 3.40. The van der Waals surface area contributed by atoms with Crippen LogP contribution in [0.4, 0.5) is 11.4 Å². The summed E-state index contributed by atoms with van der Waals surface area (Å²) in [6.45, 7) is 2.10. The van der Waals surface area contributed by atoms with Gasteiger partial charge in [0, 0.05) is 25.6 Å². The van der Waals surface area contributed by atoms with Crippen molar-refractivity contribution in [3.63, 3.8) is 0 Å². The van der Waals surface area contributed by atoms with Crippen LogP contribution in [0.15, 0.2) is 84.6 Å². The zero-order valence-electron chi connectivity index (χ0n) is 17.8. The molecule has 1 aliphatic heterocycles. The van der Waals surface area contributed by atoms with Gasteiger partial charge in [0.05, 0.1) is 11.4 Å². The molecule has 3 aromatic rings. The van der Waals surface area contributed by atoms with Crippen LogP contribution in [0.1, 0.15) is 34.3 Å². The van der Waals surface area contributed by atoms with Crippen molar-refractivity contribution in [3.8, 4) is 0 Å². The standard InChI is InChI=1S/C26H25N3O2/c1-17(18-9-5-4-6-10-18)23(19-13-15-20(16-14-19)25(30)27-2)24-26(31)29(3)22-12-8-7-11-21(22)28-24/h4-17,28H,1-3H3,(H,27,30)/b24-23-. The van der Waals surface area contributed by atoms with Crippen molar-refractivity contribution in [2.24, 2.45) is 0 Å². The Bertz CT molecular complexity index is 1150. The number of hydrogen-bond acceptors (Lipinski definition) is 3. The van der Waals surface area contributed by atoms with E-state index in [2.05, 4.69) is 29.7 Å². The number of nitrogens with zero attached hydrogens (tertiary/aromatic N) is 1. The van der Waals surface area contributed by atoms with Gasteiger partial charge in [-0.3, -0.25) is 9.59 Å². The largest absolute Gasteiger partial charge is 0.355 e. The zero-order valence-corrected chi connectivity index (χ0v) is 17.8. The van der Waals surface area contributed by atoms with Crippen LogP contribution in [0.25, 0.3) is 5.57 Å². The molecule has 1 aliphatic rings. The van der Waals surface area contributed by atoms with E-state index >= 15 is 0 Å². The first-order valence-electron chi connectivity index (χ1n) is 10.3. The van der Waals surface area contributed by atoms with Crippen molar-refractivity contribution in [1.29, 1.82) is 0 Å². The molecule has 5 nitrogen and oxygen atoms in total. The number of carbonyl (C=O) groups is 2. The minimum atomic E-state index is -0.141. The first kappa shape index (κ1) is 20.4. The molecular formula is C26H25N3O2. The Hall–Kier alpha value is -3.86. The second kappa shape index (κ2) is 8.48. The van der Waals surface area contributed by atoms with Gasteiger partial charge in [-0.2, -0.15) is 0 Å². The van der Waals surface area contributed by atoms with Gasteiger partial charge in [0.2, 0.25) is 0 Å². The van der Waals surface area contributed by atoms with Gasteiger partial charge in [-0.15, -0.1) is 0 Å². The number of hydrogen-bond donors (Lipinski definition) is 2. The van der Waals surface area contributed by atoms with E-state index < -0.39 is 0 Å². The number of rotatable bonds is 4. The first-order chi connectivity index (χ1) is 15.0. The normalized spacial score (nSPS) is 15.6. The lowest BCUT2D eigenvalue weighted by Crippen LogP contribution is -2.36. The number of likely N-dealkylation sites (N-methyl/N-ethyl adjacent to an activating group) is 1. The third kappa shape index (κ3) is 3.82. The number of carbonyl (C=O) groups excluding carboxylic acids is 2. The SMILES string of the molecule is CNC(=O)c1ccc(/C(=C2\Nc3ccccc3N(C)C2=O)C(C)c2ccccc2)cc1. The van der Waals surface area contributed by atoms with Crippen molar-refractivity contribution in [2.45, 2.75) is 12.8 Å². The van der Waals surface area contributed by atoms with Crippen molar-refractivity contribution in [3.05, 3.63) is 101 Å². The molecule has 1 unspecified atom stereocenters. The predicted molar refractivity (Wildman–Crippen MR) is 125 cm³/mol. The highest BCUT2D eigenvalue weighted by Crippen LogP contribution is 2.39. The molecule has 0 fully saturated rings. The summed E-state index contributed by atoms with van der Waals surface area (Å²) in [6.07, 6.45) is 0. The van der Waals surface area contributed by atoms with Crippen molar-refractivity contribution in [1.82, 2.24) is 5.32 Å². The Kier molecular flexibility index (Phi) is 5.58. The van der Waals surface area contributed by atoms with Gasteiger partial charge in [-0.25, -0.2) is 0 Å². The smallest absolute Gasteiger partial charge is 0.274 e. The van der Waals surface area contributed by atoms with Crippen LogP contribution < -0.4 is 15.5 Å². The van der Waals surface area contributed by atoms with Crippen molar-refractivity contribution >= 4 is 28.8 Å². The number of anilines is 2. The van der Waals surface area contributed by atoms with E-state index in [1.165, 1.54) is 0 Å². The molecule has 4 rings (SSSR count). The van der Waals surface area contributed by atoms with Crippen LogP contribution in [0, 0.1) is 0 Å². The van der Waals surface area contributed by atoms with E-state index in [1.807, 2.05) is 54.6 Å². The Balaban J connectivity index is 1.89.